The van der Waals surface area contributed by atoms with Gasteiger partial charge in [-0.05, 0) is 49.6 Å². The largest absolute Gasteiger partial charge is 0.360 e. The van der Waals surface area contributed by atoms with Crippen LogP contribution in [0.2, 0.25) is 0 Å². The van der Waals surface area contributed by atoms with Gasteiger partial charge in [0.25, 0.3) is 10.0 Å². The molecule has 0 saturated carbocycles. The first-order chi connectivity index (χ1) is 14.6. The summed E-state index contributed by atoms with van der Waals surface area (Å²) in [7, 11) is -3.89. The highest BCUT2D eigenvalue weighted by molar-refractivity contribution is 7.92. The maximum atomic E-state index is 14.2. The molecule has 0 bridgehead atoms. The number of aromatic nitrogens is 1. The second-order valence-corrected chi connectivity index (χ2v) is 9.23. The number of hydrogen-bond donors (Lipinski definition) is 1. The number of fused-ring (bicyclic) bond motifs is 1. The first-order valence-electron chi connectivity index (χ1n) is 9.60. The minimum atomic E-state index is -3.89. The van der Waals surface area contributed by atoms with Crippen molar-refractivity contribution in [2.75, 3.05) is 11.3 Å². The van der Waals surface area contributed by atoms with Gasteiger partial charge in [0.2, 0.25) is 0 Å². The van der Waals surface area contributed by atoms with E-state index in [4.69, 9.17) is 4.52 Å². The van der Waals surface area contributed by atoms with Crippen molar-refractivity contribution >= 4 is 15.8 Å². The number of sulfonamides is 1. The van der Waals surface area contributed by atoms with Crippen molar-refractivity contribution in [1.82, 2.24) is 10.1 Å². The predicted octanol–water partition coefficient (Wildman–Crippen LogP) is 4.32. The summed E-state index contributed by atoms with van der Waals surface area (Å²) in [5.74, 6) is -2.62. The third-order valence-corrected chi connectivity index (χ3v) is 6.77. The normalized spacial score (nSPS) is 15.5. The first kappa shape index (κ1) is 21.4. The van der Waals surface area contributed by atoms with Gasteiger partial charge in [-0.3, -0.25) is 9.62 Å². The molecule has 1 N–H and O–H groups in total. The summed E-state index contributed by atoms with van der Waals surface area (Å²) in [5.41, 5.74) is 1.63. The van der Waals surface area contributed by atoms with Crippen molar-refractivity contribution in [2.45, 2.75) is 37.8 Å². The number of hydrogen-bond acceptors (Lipinski definition) is 5. The van der Waals surface area contributed by atoms with E-state index in [1.54, 1.807) is 26.0 Å². The average Bonchev–Trinajstić information content (AvgIpc) is 3.13. The Bertz CT molecular complexity index is 1240. The lowest BCUT2D eigenvalue weighted by Crippen LogP contribution is -2.33. The molecule has 1 aromatic heterocycles. The third-order valence-electron chi connectivity index (χ3n) is 5.42. The van der Waals surface area contributed by atoms with Crippen molar-refractivity contribution in [2.24, 2.45) is 0 Å². The molecule has 6 nitrogen and oxygen atoms in total. The summed E-state index contributed by atoms with van der Waals surface area (Å²) < 4.78 is 74.2. The average molecular weight is 451 g/mol. The Morgan fingerprint density at radius 2 is 1.90 bits per heavy atom. The van der Waals surface area contributed by atoms with Gasteiger partial charge in [0.15, 0.2) is 17.5 Å². The fourth-order valence-corrected chi connectivity index (χ4v) is 4.77. The van der Waals surface area contributed by atoms with Crippen LogP contribution in [0.1, 0.15) is 35.4 Å². The molecule has 3 aromatic rings. The maximum absolute atomic E-state index is 14.2. The van der Waals surface area contributed by atoms with Crippen LogP contribution < -0.4 is 4.72 Å². The maximum Gasteiger partial charge on any atom is 0.263 e. The van der Waals surface area contributed by atoms with Crippen molar-refractivity contribution in [1.29, 1.82) is 0 Å². The molecule has 1 aliphatic heterocycles. The molecule has 10 heteroatoms. The minimum absolute atomic E-state index is 0.0457. The van der Waals surface area contributed by atoms with Crippen LogP contribution in [0.3, 0.4) is 0 Å². The number of anilines is 1. The topological polar surface area (TPSA) is 75.4 Å². The van der Waals surface area contributed by atoms with Crippen LogP contribution in [-0.4, -0.2) is 25.0 Å². The van der Waals surface area contributed by atoms with Gasteiger partial charge < -0.3 is 4.52 Å². The van der Waals surface area contributed by atoms with E-state index in [0.29, 0.717) is 31.3 Å². The molecule has 1 unspecified atom stereocenters. The Morgan fingerprint density at radius 3 is 2.61 bits per heavy atom. The molecule has 31 heavy (non-hydrogen) atoms. The Labute approximate surface area is 177 Å². The lowest BCUT2D eigenvalue weighted by molar-refractivity contribution is 0.187. The first-order valence-corrected chi connectivity index (χ1v) is 11.1. The summed E-state index contributed by atoms with van der Waals surface area (Å²) in [6, 6.07) is 7.16. The van der Waals surface area contributed by atoms with E-state index in [0.717, 1.165) is 17.2 Å². The fourth-order valence-electron chi connectivity index (χ4n) is 3.74. The lowest BCUT2D eigenvalue weighted by atomic mass is 9.96. The van der Waals surface area contributed by atoms with E-state index in [9.17, 15) is 21.6 Å². The van der Waals surface area contributed by atoms with Crippen molar-refractivity contribution in [3.8, 4) is 0 Å². The van der Waals surface area contributed by atoms with Crippen LogP contribution in [0, 0.1) is 24.4 Å². The van der Waals surface area contributed by atoms with Crippen LogP contribution >= 0.6 is 0 Å². The monoisotopic (exact) mass is 451 g/mol. The van der Waals surface area contributed by atoms with Crippen molar-refractivity contribution in [3.63, 3.8) is 0 Å². The summed E-state index contributed by atoms with van der Waals surface area (Å²) in [5, 5.41) is 3.63. The van der Waals surface area contributed by atoms with Crippen LogP contribution in [0.25, 0.3) is 0 Å². The van der Waals surface area contributed by atoms with E-state index >= 15 is 0 Å². The molecule has 0 radical (unpaired) electrons. The second kappa shape index (κ2) is 8.01. The van der Waals surface area contributed by atoms with Gasteiger partial charge in [0.1, 0.15) is 11.6 Å². The Hall–Kier alpha value is -2.85. The minimum Gasteiger partial charge on any atom is -0.360 e. The molecule has 1 atom stereocenters. The SMILES string of the molecule is Cc1cc(NS(=O)(=O)c2ccc3c(c2)CN(C(C)c2cc(F)cc(F)c2F)CC3)no1. The van der Waals surface area contributed by atoms with Crippen LogP contribution in [-0.2, 0) is 23.0 Å². The fraction of sp³-hybridized carbons (Fsp3) is 0.286. The van der Waals surface area contributed by atoms with E-state index in [1.807, 2.05) is 4.90 Å². The number of benzene rings is 2. The number of nitrogens with one attached hydrogen (secondary N) is 1. The quantitative estimate of drug-likeness (QED) is 0.585. The Balaban J connectivity index is 1.59. The zero-order valence-electron chi connectivity index (χ0n) is 16.8. The third kappa shape index (κ3) is 4.31. The van der Waals surface area contributed by atoms with Crippen molar-refractivity contribution in [3.05, 3.63) is 76.3 Å². The molecule has 0 saturated heterocycles. The van der Waals surface area contributed by atoms with E-state index < -0.39 is 33.5 Å². The van der Waals surface area contributed by atoms with Gasteiger partial charge in [0, 0.05) is 36.8 Å². The van der Waals surface area contributed by atoms with Gasteiger partial charge in [-0.1, -0.05) is 11.2 Å². The Morgan fingerprint density at radius 1 is 1.13 bits per heavy atom. The summed E-state index contributed by atoms with van der Waals surface area (Å²) >= 11 is 0. The summed E-state index contributed by atoms with van der Waals surface area (Å²) in [6.45, 7) is 4.15. The van der Waals surface area contributed by atoms with Gasteiger partial charge >= 0.3 is 0 Å². The molecule has 1 aliphatic rings. The van der Waals surface area contributed by atoms with Gasteiger partial charge in [-0.15, -0.1) is 0 Å². The molecule has 0 aliphatic carbocycles. The van der Waals surface area contributed by atoms with Crippen LogP contribution in [0.15, 0.2) is 45.8 Å². The van der Waals surface area contributed by atoms with E-state index in [1.165, 1.54) is 12.1 Å². The zero-order valence-corrected chi connectivity index (χ0v) is 17.6. The van der Waals surface area contributed by atoms with E-state index in [-0.39, 0.29) is 16.3 Å². The molecule has 0 amide bonds. The molecule has 4 rings (SSSR count). The number of aryl methyl sites for hydroxylation is 1. The molecule has 0 spiro atoms. The molecule has 2 heterocycles. The lowest BCUT2D eigenvalue weighted by Gasteiger charge is -2.34. The highest BCUT2D eigenvalue weighted by atomic mass is 32.2. The predicted molar refractivity (Wildman–Crippen MR) is 107 cm³/mol. The van der Waals surface area contributed by atoms with Crippen LogP contribution in [0.4, 0.5) is 19.0 Å². The van der Waals surface area contributed by atoms with Gasteiger partial charge in [-0.2, -0.15) is 0 Å². The number of nitrogens with zero attached hydrogens (tertiary/aromatic N) is 2. The van der Waals surface area contributed by atoms with Crippen LogP contribution in [0.5, 0.6) is 0 Å². The smallest absolute Gasteiger partial charge is 0.263 e. The molecule has 164 valence electrons. The molecular weight excluding hydrogens is 431 g/mol. The summed E-state index contributed by atoms with van der Waals surface area (Å²) in [4.78, 5) is 1.90. The molecular formula is C21H20F3N3O3S. The number of rotatable bonds is 5. The second-order valence-electron chi connectivity index (χ2n) is 7.55. The van der Waals surface area contributed by atoms with Gasteiger partial charge in [0.05, 0.1) is 4.90 Å². The van der Waals surface area contributed by atoms with E-state index in [2.05, 4.69) is 9.88 Å². The standard InChI is InChI=1S/C21H20F3N3O3S/c1-12-7-20(25-30-12)26-31(28,29)17-4-3-14-5-6-27(11-15(14)8-17)13(2)18-9-16(22)10-19(23)21(18)24/h3-4,7-10,13H,5-6,11H2,1-2H3,(H,25,26). The van der Waals surface area contributed by atoms with Crippen molar-refractivity contribution < 1.29 is 26.1 Å². The Kier molecular flexibility index (Phi) is 5.52. The number of halogens is 3. The van der Waals surface area contributed by atoms with Gasteiger partial charge in [-0.25, -0.2) is 21.6 Å². The highest BCUT2D eigenvalue weighted by Crippen LogP contribution is 2.31. The molecule has 2 aromatic carbocycles. The summed E-state index contributed by atoms with van der Waals surface area (Å²) in [6.07, 6.45) is 0.593. The zero-order chi connectivity index (χ0) is 22.3. The highest BCUT2D eigenvalue weighted by Gasteiger charge is 2.27. The molecule has 0 fully saturated rings.